The Hall–Kier alpha value is -1.76. The fraction of sp³-hybridized carbons (Fsp3) is 0. The minimum absolute atomic E-state index is 1.58. The van der Waals surface area contributed by atoms with Crippen LogP contribution in [0.3, 0.4) is 0 Å². The molecule has 68 valence electrons. The molecule has 0 N–H and O–H groups in total. The van der Waals surface area contributed by atoms with Crippen LogP contribution in [-0.2, 0) is 4.74 Å². The summed E-state index contributed by atoms with van der Waals surface area (Å²) in [6.07, 6.45) is 17.4. The van der Waals surface area contributed by atoms with Gasteiger partial charge in [-0.1, -0.05) is 49.6 Å². The van der Waals surface area contributed by atoms with E-state index in [-0.39, 0.29) is 0 Å². The highest BCUT2D eigenvalue weighted by Gasteiger charge is 1.65. The van der Waals surface area contributed by atoms with E-state index >= 15 is 0 Å². The Morgan fingerprint density at radius 2 is 1.08 bits per heavy atom. The van der Waals surface area contributed by atoms with Crippen LogP contribution in [0, 0.1) is 0 Å². The van der Waals surface area contributed by atoms with Crippen molar-refractivity contribution in [3.05, 3.63) is 74.3 Å². The lowest BCUT2D eigenvalue weighted by molar-refractivity contribution is 0.403. The van der Waals surface area contributed by atoms with Gasteiger partial charge in [0.05, 0.1) is 12.5 Å². The van der Waals surface area contributed by atoms with Crippen molar-refractivity contribution in [2.75, 3.05) is 0 Å². The molecule has 0 aromatic heterocycles. The molecule has 0 aliphatic heterocycles. The molecule has 0 aromatic rings. The van der Waals surface area contributed by atoms with Crippen molar-refractivity contribution in [2.24, 2.45) is 0 Å². The quantitative estimate of drug-likeness (QED) is 0.442. The molecule has 0 atom stereocenters. The first-order valence-electron chi connectivity index (χ1n) is 3.95. The molecule has 0 amide bonds. The summed E-state index contributed by atoms with van der Waals surface area (Å²) in [4.78, 5) is 0. The topological polar surface area (TPSA) is 9.23 Å². The summed E-state index contributed by atoms with van der Waals surface area (Å²) in [5, 5.41) is 0. The van der Waals surface area contributed by atoms with Crippen molar-refractivity contribution >= 4 is 0 Å². The molecule has 0 radical (unpaired) electrons. The van der Waals surface area contributed by atoms with Crippen LogP contribution in [0.25, 0.3) is 0 Å². The third-order valence-corrected chi connectivity index (χ3v) is 1.03. The molecule has 0 heterocycles. The van der Waals surface area contributed by atoms with Gasteiger partial charge in [-0.3, -0.25) is 0 Å². The number of ether oxygens (including phenoxy) is 1. The summed E-state index contributed by atoms with van der Waals surface area (Å²) in [7, 11) is 0. The zero-order valence-corrected chi connectivity index (χ0v) is 7.60. The molecule has 0 aromatic carbocycles. The molecule has 0 rings (SSSR count). The first-order valence-corrected chi connectivity index (χ1v) is 3.95. The van der Waals surface area contributed by atoms with Crippen molar-refractivity contribution in [3.63, 3.8) is 0 Å². The van der Waals surface area contributed by atoms with E-state index in [0.717, 1.165) is 0 Å². The minimum Gasteiger partial charge on any atom is -0.473 e. The maximum Gasteiger partial charge on any atom is 0.0901 e. The molecular weight excluding hydrogens is 160 g/mol. The molecule has 0 saturated carbocycles. The van der Waals surface area contributed by atoms with Crippen molar-refractivity contribution in [1.29, 1.82) is 0 Å². The van der Waals surface area contributed by atoms with E-state index in [1.807, 2.05) is 24.3 Å². The minimum atomic E-state index is 1.58. The molecule has 0 spiro atoms. The van der Waals surface area contributed by atoms with Crippen LogP contribution in [-0.4, -0.2) is 0 Å². The van der Waals surface area contributed by atoms with Gasteiger partial charge >= 0.3 is 0 Å². The van der Waals surface area contributed by atoms with Crippen LogP contribution in [0.15, 0.2) is 74.3 Å². The van der Waals surface area contributed by atoms with E-state index in [4.69, 9.17) is 4.74 Å². The molecule has 0 bridgehead atoms. The highest BCUT2D eigenvalue weighted by molar-refractivity contribution is 5.09. The number of hydrogen-bond donors (Lipinski definition) is 0. The van der Waals surface area contributed by atoms with Crippen LogP contribution >= 0.6 is 0 Å². The lowest BCUT2D eigenvalue weighted by Gasteiger charge is -1.84. The van der Waals surface area contributed by atoms with Gasteiger partial charge in [-0.05, 0) is 12.2 Å². The highest BCUT2D eigenvalue weighted by atomic mass is 16.5. The summed E-state index contributed by atoms with van der Waals surface area (Å²) < 4.78 is 4.99. The average molecular weight is 174 g/mol. The molecule has 1 heteroatoms. The Balaban J connectivity index is 3.54. The van der Waals surface area contributed by atoms with Crippen LogP contribution in [0.1, 0.15) is 0 Å². The van der Waals surface area contributed by atoms with Gasteiger partial charge in [0, 0.05) is 0 Å². The van der Waals surface area contributed by atoms with E-state index in [1.54, 1.807) is 36.8 Å². The number of rotatable bonds is 6. The largest absolute Gasteiger partial charge is 0.473 e. The Kier molecular flexibility index (Phi) is 8.85. The van der Waals surface area contributed by atoms with Crippen molar-refractivity contribution in [2.45, 2.75) is 0 Å². The zero-order chi connectivity index (χ0) is 9.78. The standard InChI is InChI=1S/C12H14O/c1-3-5-7-9-11-13-12-10-8-6-4-2/h3-12H,1-2H2/b7-5-,8-6-,11-9+,12-10+. The van der Waals surface area contributed by atoms with Crippen LogP contribution in [0.2, 0.25) is 0 Å². The second kappa shape index (κ2) is 10.2. The van der Waals surface area contributed by atoms with Crippen LogP contribution < -0.4 is 0 Å². The molecule has 0 aliphatic rings. The Bertz CT molecular complexity index is 216. The van der Waals surface area contributed by atoms with Crippen LogP contribution in [0.5, 0.6) is 0 Å². The first-order chi connectivity index (χ1) is 6.41. The monoisotopic (exact) mass is 174 g/mol. The van der Waals surface area contributed by atoms with Crippen molar-refractivity contribution < 1.29 is 4.74 Å². The van der Waals surface area contributed by atoms with E-state index < -0.39 is 0 Å². The molecule has 13 heavy (non-hydrogen) atoms. The summed E-state index contributed by atoms with van der Waals surface area (Å²) >= 11 is 0. The molecular formula is C12H14O. The maximum atomic E-state index is 4.99. The normalized spacial score (nSPS) is 12.0. The SMILES string of the molecule is C=C/C=C\C=C\O/C=C/C=C\C=C. The van der Waals surface area contributed by atoms with Gasteiger partial charge in [0.25, 0.3) is 0 Å². The van der Waals surface area contributed by atoms with E-state index in [0.29, 0.717) is 0 Å². The van der Waals surface area contributed by atoms with Gasteiger partial charge < -0.3 is 4.74 Å². The fourth-order valence-corrected chi connectivity index (χ4v) is 0.512. The molecule has 0 unspecified atom stereocenters. The maximum absolute atomic E-state index is 4.99. The number of allylic oxidation sites excluding steroid dienone is 8. The fourth-order valence-electron chi connectivity index (χ4n) is 0.512. The van der Waals surface area contributed by atoms with Crippen molar-refractivity contribution in [1.82, 2.24) is 0 Å². The van der Waals surface area contributed by atoms with Gasteiger partial charge in [-0.25, -0.2) is 0 Å². The third-order valence-electron chi connectivity index (χ3n) is 1.03. The number of hydrogen-bond acceptors (Lipinski definition) is 1. The average Bonchev–Trinajstić information content (AvgIpc) is 2.16. The first kappa shape index (κ1) is 11.2. The van der Waals surface area contributed by atoms with Crippen molar-refractivity contribution in [3.8, 4) is 0 Å². The van der Waals surface area contributed by atoms with Gasteiger partial charge in [-0.15, -0.1) is 0 Å². The van der Waals surface area contributed by atoms with E-state index in [9.17, 15) is 0 Å². The lowest BCUT2D eigenvalue weighted by Crippen LogP contribution is -1.62. The third kappa shape index (κ3) is 10.2. The van der Waals surface area contributed by atoms with E-state index in [1.165, 1.54) is 0 Å². The Morgan fingerprint density at radius 3 is 1.46 bits per heavy atom. The summed E-state index contributed by atoms with van der Waals surface area (Å²) in [6, 6.07) is 0. The molecule has 0 fully saturated rings. The lowest BCUT2D eigenvalue weighted by atomic mass is 10.5. The van der Waals surface area contributed by atoms with Gasteiger partial charge in [0.15, 0.2) is 0 Å². The smallest absolute Gasteiger partial charge is 0.0901 e. The predicted octanol–water partition coefficient (Wildman–Crippen LogP) is 3.51. The highest BCUT2D eigenvalue weighted by Crippen LogP contribution is 1.84. The predicted molar refractivity (Wildman–Crippen MR) is 58.0 cm³/mol. The molecule has 0 saturated heterocycles. The van der Waals surface area contributed by atoms with E-state index in [2.05, 4.69) is 13.2 Å². The summed E-state index contributed by atoms with van der Waals surface area (Å²) in [5.41, 5.74) is 0. The van der Waals surface area contributed by atoms with Gasteiger partial charge in [0.2, 0.25) is 0 Å². The second-order valence-electron chi connectivity index (χ2n) is 2.03. The second-order valence-corrected chi connectivity index (χ2v) is 2.03. The Morgan fingerprint density at radius 1 is 0.615 bits per heavy atom. The molecule has 0 aliphatic carbocycles. The van der Waals surface area contributed by atoms with Gasteiger partial charge in [-0.2, -0.15) is 0 Å². The van der Waals surface area contributed by atoms with Gasteiger partial charge in [0.1, 0.15) is 0 Å². The zero-order valence-electron chi connectivity index (χ0n) is 7.60. The molecule has 1 nitrogen and oxygen atoms in total. The summed E-state index contributed by atoms with van der Waals surface area (Å²) in [5.74, 6) is 0. The summed E-state index contributed by atoms with van der Waals surface area (Å²) in [6.45, 7) is 7.07. The Labute approximate surface area is 79.7 Å². The van der Waals surface area contributed by atoms with Crippen LogP contribution in [0.4, 0.5) is 0 Å².